The number of ketones is 2. The summed E-state index contributed by atoms with van der Waals surface area (Å²) in [5, 5.41) is 25.4. The number of aliphatic hydroxyl groups is 2. The zero-order chi connectivity index (χ0) is 51.0. The van der Waals surface area contributed by atoms with E-state index in [1.54, 1.807) is 34.1 Å². The Balaban J connectivity index is 1.31. The molecule has 4 aliphatic rings. The number of cyclic esters (lactones) is 1. The van der Waals surface area contributed by atoms with Crippen LogP contribution in [0.15, 0.2) is 66.4 Å². The number of Topliss-reactive ketones (excluding diaryl/α,β-unsaturated/α-hetero) is 2. The lowest BCUT2D eigenvalue weighted by molar-refractivity contribution is -0.302. The third-order valence-corrected chi connectivity index (χ3v) is 16.0. The molecule has 4 heterocycles. The van der Waals surface area contributed by atoms with Gasteiger partial charge >= 0.3 is 5.97 Å². The molecule has 14 nitrogen and oxygen atoms in total. The minimum absolute atomic E-state index is 0.00775. The van der Waals surface area contributed by atoms with Gasteiger partial charge in [-0.15, -0.1) is 6.58 Å². The number of likely N-dealkylation sites (N-methyl/N-ethyl adjacent to an activating group) is 1. The minimum atomic E-state index is -2.52. The van der Waals surface area contributed by atoms with Crippen molar-refractivity contribution < 1.29 is 53.1 Å². The molecule has 2 aromatic rings. The Kier molecular flexibility index (Phi) is 19.3. The lowest BCUT2D eigenvalue weighted by Crippen LogP contribution is -2.64. The molecule has 2 N–H and O–H groups in total. The number of methoxy groups -OCH3 is 3. The zero-order valence-corrected chi connectivity index (χ0v) is 43.6. The van der Waals surface area contributed by atoms with Crippen molar-refractivity contribution in [3.05, 3.63) is 66.4 Å². The van der Waals surface area contributed by atoms with Crippen LogP contribution in [0.4, 0.5) is 5.69 Å². The van der Waals surface area contributed by atoms with E-state index in [0.29, 0.717) is 44.1 Å². The summed E-state index contributed by atoms with van der Waals surface area (Å²) in [6, 6.07) is 7.74. The van der Waals surface area contributed by atoms with Crippen molar-refractivity contribution in [3.63, 3.8) is 0 Å². The predicted octanol–water partition coefficient (Wildman–Crippen LogP) is 8.15. The van der Waals surface area contributed by atoms with E-state index in [1.807, 2.05) is 19.9 Å². The first-order valence-corrected chi connectivity index (χ1v) is 25.9. The molecule has 14 unspecified atom stereocenters. The maximum absolute atomic E-state index is 14.7. The number of carbonyl (C=O) groups excluding carboxylic acids is 4. The molecule has 1 aromatic carbocycles. The van der Waals surface area contributed by atoms with Gasteiger partial charge in [0.25, 0.3) is 11.7 Å². The van der Waals surface area contributed by atoms with E-state index in [4.69, 9.17) is 23.7 Å². The molecule has 2 saturated heterocycles. The van der Waals surface area contributed by atoms with Crippen LogP contribution in [0.3, 0.4) is 0 Å². The van der Waals surface area contributed by atoms with Crippen molar-refractivity contribution in [2.45, 2.75) is 180 Å². The fourth-order valence-corrected chi connectivity index (χ4v) is 11.9. The number of carbonyl (C=O) groups is 4. The first kappa shape index (κ1) is 55.1. The number of ether oxygens (including phenoxy) is 5. The smallest absolute Gasteiger partial charge is 0.329 e. The standard InChI is InChI=1S/C56H83N3O11/c1-12-16-41-27-34(3)26-35(4)28-49(67-10)52-50(68-11)30-37(6)56(65,70-52)53(62)54(63)59-24-15-14-17-45(59)55(64)69-51(38(7)46(60)33-47(41)61)36(5)29-39-18-20-44(48(31-39)66-9)57(8)42-19-21-43-40(32-42)22-25-58(43)23-13-2/h12,19,21-22,25,27,29,32,35,37-39,41,44-46,48-52,60,65H,1,13-18,20,23-24,26,28,30-31,33H2,2-11H3. The van der Waals surface area contributed by atoms with Crippen molar-refractivity contribution in [1.82, 2.24) is 9.47 Å². The number of benzene rings is 1. The van der Waals surface area contributed by atoms with Gasteiger partial charge in [-0.05, 0) is 126 Å². The summed E-state index contributed by atoms with van der Waals surface area (Å²) < 4.78 is 33.1. The Morgan fingerprint density at radius 3 is 2.36 bits per heavy atom. The molecule has 1 aromatic heterocycles. The summed E-state index contributed by atoms with van der Waals surface area (Å²) >= 11 is 0. The normalized spacial score (nSPS) is 34.9. The third-order valence-electron chi connectivity index (χ3n) is 16.0. The van der Waals surface area contributed by atoms with E-state index in [-0.39, 0.29) is 55.6 Å². The fraction of sp³-hybridized carbons (Fsp3) is 0.679. The first-order chi connectivity index (χ1) is 33.4. The van der Waals surface area contributed by atoms with Crippen molar-refractivity contribution in [1.29, 1.82) is 0 Å². The van der Waals surface area contributed by atoms with Gasteiger partial charge in [-0.25, -0.2) is 4.79 Å². The second-order valence-corrected chi connectivity index (χ2v) is 21.1. The van der Waals surface area contributed by atoms with Gasteiger partial charge in [0.2, 0.25) is 5.79 Å². The molecule has 3 fully saturated rings. The lowest BCUT2D eigenvalue weighted by atomic mass is 9.80. The molecule has 14 atom stereocenters. The summed E-state index contributed by atoms with van der Waals surface area (Å²) in [4.78, 5) is 61.2. The van der Waals surface area contributed by atoms with Crippen molar-refractivity contribution in [2.24, 2.45) is 29.6 Å². The molecule has 6 rings (SSSR count). The van der Waals surface area contributed by atoms with Crippen molar-refractivity contribution in [3.8, 4) is 0 Å². The predicted molar refractivity (Wildman–Crippen MR) is 271 cm³/mol. The SMILES string of the molecule is C=CCC1C=C(C)CC(C)CC(OC)C2OC(O)(C(=O)C(=O)N3CCCCC3C(=O)OC(C(C)=CC3CCC(N(C)c4ccc5c(ccn5CCC)c4)C(OC)C3)C(C)C(O)CC1=O)C(C)CC2OC. The number of hydrogen-bond acceptors (Lipinski definition) is 12. The largest absolute Gasteiger partial charge is 0.456 e. The summed E-state index contributed by atoms with van der Waals surface area (Å²) in [5.74, 6) is -7.64. The van der Waals surface area contributed by atoms with Crippen LogP contribution in [0, 0.1) is 29.6 Å². The molecule has 1 saturated carbocycles. The molecule has 0 spiro atoms. The number of aliphatic hydroxyl groups excluding tert-OH is 1. The number of aromatic nitrogens is 1. The van der Waals surface area contributed by atoms with Gasteiger partial charge in [-0.2, -0.15) is 0 Å². The lowest BCUT2D eigenvalue weighted by Gasteiger charge is -2.47. The van der Waals surface area contributed by atoms with Gasteiger partial charge in [-0.1, -0.05) is 51.5 Å². The quantitative estimate of drug-likeness (QED) is 0.126. The fourth-order valence-electron chi connectivity index (χ4n) is 11.9. The highest BCUT2D eigenvalue weighted by Crippen LogP contribution is 2.40. The number of rotatable bonds is 11. The minimum Gasteiger partial charge on any atom is -0.456 e. The van der Waals surface area contributed by atoms with E-state index < -0.39 is 77.8 Å². The van der Waals surface area contributed by atoms with Gasteiger partial charge < -0.3 is 48.3 Å². The summed E-state index contributed by atoms with van der Waals surface area (Å²) in [6.07, 6.45) is 9.83. The number of fused-ring (bicyclic) bond motifs is 4. The number of amides is 1. The number of esters is 1. The van der Waals surface area contributed by atoms with Crippen LogP contribution in [0.1, 0.15) is 119 Å². The highest BCUT2D eigenvalue weighted by molar-refractivity contribution is 6.39. The number of hydrogen-bond donors (Lipinski definition) is 2. The topological polar surface area (TPSA) is 166 Å². The van der Waals surface area contributed by atoms with Crippen LogP contribution in [0.25, 0.3) is 10.9 Å². The molecule has 70 heavy (non-hydrogen) atoms. The summed E-state index contributed by atoms with van der Waals surface area (Å²) in [6.45, 7) is 16.5. The van der Waals surface area contributed by atoms with Crippen LogP contribution >= 0.6 is 0 Å². The second-order valence-electron chi connectivity index (χ2n) is 21.1. The molecule has 2 bridgehead atoms. The summed E-state index contributed by atoms with van der Waals surface area (Å²) in [7, 11) is 6.95. The van der Waals surface area contributed by atoms with E-state index >= 15 is 0 Å². The zero-order valence-electron chi connectivity index (χ0n) is 43.6. The average Bonchev–Trinajstić information content (AvgIpc) is 3.75. The molecule has 3 aliphatic heterocycles. The Bertz CT molecular complexity index is 2200. The number of nitrogens with zero attached hydrogens (tertiary/aromatic N) is 3. The van der Waals surface area contributed by atoms with Gasteiger partial charge in [0.05, 0.1) is 30.5 Å². The van der Waals surface area contributed by atoms with E-state index in [2.05, 4.69) is 73.5 Å². The molecule has 0 radical (unpaired) electrons. The Morgan fingerprint density at radius 2 is 1.67 bits per heavy atom. The van der Waals surface area contributed by atoms with Crippen molar-refractivity contribution >= 4 is 40.0 Å². The Hall–Kier alpha value is -4.18. The molecular formula is C56H83N3O11. The number of anilines is 1. The first-order valence-electron chi connectivity index (χ1n) is 25.9. The Labute approximate surface area is 416 Å². The molecule has 14 heteroatoms. The average molecular weight is 974 g/mol. The number of piperidine rings is 1. The van der Waals surface area contributed by atoms with Crippen molar-refractivity contribution in [2.75, 3.05) is 39.8 Å². The van der Waals surface area contributed by atoms with Crippen LogP contribution < -0.4 is 4.90 Å². The number of aryl methyl sites for hydroxylation is 1. The van der Waals surface area contributed by atoms with E-state index in [9.17, 15) is 29.4 Å². The van der Waals surface area contributed by atoms with Crippen LogP contribution in [-0.4, -0.2) is 133 Å². The van der Waals surface area contributed by atoms with Crippen LogP contribution in [-0.2, 0) is 49.4 Å². The monoisotopic (exact) mass is 974 g/mol. The number of allylic oxidation sites excluding steroid dienone is 4. The maximum Gasteiger partial charge on any atom is 0.329 e. The van der Waals surface area contributed by atoms with Crippen LogP contribution in [0.2, 0.25) is 0 Å². The summed E-state index contributed by atoms with van der Waals surface area (Å²) in [5.41, 5.74) is 4.01. The van der Waals surface area contributed by atoms with E-state index in [0.717, 1.165) is 37.1 Å². The van der Waals surface area contributed by atoms with Gasteiger partial charge in [0.15, 0.2) is 0 Å². The van der Waals surface area contributed by atoms with Gasteiger partial charge in [0.1, 0.15) is 24.0 Å². The highest BCUT2D eigenvalue weighted by Gasteiger charge is 2.56. The van der Waals surface area contributed by atoms with E-state index in [1.165, 1.54) is 22.9 Å². The Morgan fingerprint density at radius 1 is 0.957 bits per heavy atom. The van der Waals surface area contributed by atoms with Gasteiger partial charge in [-0.3, -0.25) is 14.4 Å². The molecule has 388 valence electrons. The molecule has 1 amide bonds. The maximum atomic E-state index is 14.7. The third kappa shape index (κ3) is 12.3. The highest BCUT2D eigenvalue weighted by atomic mass is 16.7. The van der Waals surface area contributed by atoms with Crippen LogP contribution in [0.5, 0.6) is 0 Å². The second kappa shape index (κ2) is 24.5. The molecular weight excluding hydrogens is 891 g/mol. The van der Waals surface area contributed by atoms with Gasteiger partial charge in [0, 0.05) is 88.4 Å². The molecule has 1 aliphatic carbocycles.